The second-order valence-corrected chi connectivity index (χ2v) is 5.72. The minimum atomic E-state index is -0.141. The summed E-state index contributed by atoms with van der Waals surface area (Å²) < 4.78 is 5.31. The molecule has 5 nitrogen and oxygen atoms in total. The Hall–Kier alpha value is -2.03. The Labute approximate surface area is 138 Å². The zero-order chi connectivity index (χ0) is 16.7. The lowest BCUT2D eigenvalue weighted by atomic mass is 10.1. The molecule has 0 radical (unpaired) electrons. The number of piperazine rings is 1. The van der Waals surface area contributed by atoms with E-state index in [-0.39, 0.29) is 11.9 Å². The van der Waals surface area contributed by atoms with Gasteiger partial charge in [-0.15, -0.1) is 6.42 Å². The van der Waals surface area contributed by atoms with Crippen LogP contribution in [0.2, 0.25) is 0 Å². The molecule has 0 spiro atoms. The second kappa shape index (κ2) is 8.56. The van der Waals surface area contributed by atoms with Crippen LogP contribution in [0.15, 0.2) is 24.3 Å². The summed E-state index contributed by atoms with van der Waals surface area (Å²) in [6.45, 7) is 6.67. The van der Waals surface area contributed by atoms with Crippen molar-refractivity contribution in [1.82, 2.24) is 15.1 Å². The van der Waals surface area contributed by atoms with Gasteiger partial charge in [0.05, 0.1) is 19.7 Å². The van der Waals surface area contributed by atoms with E-state index in [4.69, 9.17) is 11.2 Å². The van der Waals surface area contributed by atoms with Gasteiger partial charge in [0.2, 0.25) is 5.91 Å². The molecule has 0 aromatic heterocycles. The van der Waals surface area contributed by atoms with Gasteiger partial charge in [0.15, 0.2) is 0 Å². The van der Waals surface area contributed by atoms with Crippen LogP contribution in [0.25, 0.3) is 0 Å². The zero-order valence-electron chi connectivity index (χ0n) is 13.9. The highest BCUT2D eigenvalue weighted by atomic mass is 16.5. The van der Waals surface area contributed by atoms with Crippen LogP contribution < -0.4 is 10.1 Å². The van der Waals surface area contributed by atoms with E-state index in [0.29, 0.717) is 13.1 Å². The van der Waals surface area contributed by atoms with E-state index in [1.165, 1.54) is 0 Å². The summed E-state index contributed by atoms with van der Waals surface area (Å²) >= 11 is 0. The molecule has 23 heavy (non-hydrogen) atoms. The smallest absolute Gasteiger partial charge is 0.237 e. The van der Waals surface area contributed by atoms with Crippen LogP contribution in [0.4, 0.5) is 0 Å². The molecular formula is C18H25N3O2. The topological polar surface area (TPSA) is 44.8 Å². The van der Waals surface area contributed by atoms with Gasteiger partial charge >= 0.3 is 0 Å². The second-order valence-electron chi connectivity index (χ2n) is 5.72. The number of para-hydroxylation sites is 1. The molecule has 1 saturated heterocycles. The van der Waals surface area contributed by atoms with Gasteiger partial charge in [-0.1, -0.05) is 24.1 Å². The Balaban J connectivity index is 1.83. The quantitative estimate of drug-likeness (QED) is 0.794. The number of methoxy groups -OCH3 is 1. The largest absolute Gasteiger partial charge is 0.496 e. The van der Waals surface area contributed by atoms with E-state index in [0.717, 1.165) is 37.5 Å². The summed E-state index contributed by atoms with van der Waals surface area (Å²) in [6.07, 6.45) is 5.34. The fraction of sp³-hybridized carbons (Fsp3) is 0.500. The molecule has 1 aliphatic heterocycles. The molecule has 1 heterocycles. The summed E-state index contributed by atoms with van der Waals surface area (Å²) in [5.41, 5.74) is 0.981. The molecule has 5 heteroatoms. The lowest BCUT2D eigenvalue weighted by molar-refractivity contribution is -0.126. The van der Waals surface area contributed by atoms with E-state index >= 15 is 0 Å². The highest BCUT2D eigenvalue weighted by molar-refractivity contribution is 5.81. The van der Waals surface area contributed by atoms with E-state index in [9.17, 15) is 4.79 Å². The molecule has 1 amide bonds. The lowest BCUT2D eigenvalue weighted by Gasteiger charge is -2.36. The summed E-state index contributed by atoms with van der Waals surface area (Å²) in [4.78, 5) is 16.8. The van der Waals surface area contributed by atoms with Gasteiger partial charge in [-0.2, -0.15) is 0 Å². The van der Waals surface area contributed by atoms with Crippen LogP contribution in [0.3, 0.4) is 0 Å². The van der Waals surface area contributed by atoms with Gasteiger partial charge in [0.25, 0.3) is 0 Å². The molecule has 0 bridgehead atoms. The monoisotopic (exact) mass is 315 g/mol. The van der Waals surface area contributed by atoms with Crippen molar-refractivity contribution in [3.8, 4) is 18.1 Å². The van der Waals surface area contributed by atoms with Crippen molar-refractivity contribution in [3.63, 3.8) is 0 Å². The highest BCUT2D eigenvalue weighted by Gasteiger charge is 2.25. The Morgan fingerprint density at radius 3 is 2.70 bits per heavy atom. The molecule has 1 aromatic carbocycles. The van der Waals surface area contributed by atoms with E-state index in [1.807, 2.05) is 31.2 Å². The number of nitrogens with one attached hydrogen (secondary N) is 1. The van der Waals surface area contributed by atoms with Crippen LogP contribution >= 0.6 is 0 Å². The minimum Gasteiger partial charge on any atom is -0.496 e. The van der Waals surface area contributed by atoms with Gasteiger partial charge in [0.1, 0.15) is 5.75 Å². The fourth-order valence-electron chi connectivity index (χ4n) is 2.78. The first-order valence-electron chi connectivity index (χ1n) is 7.95. The van der Waals surface area contributed by atoms with Crippen molar-refractivity contribution in [2.45, 2.75) is 19.5 Å². The number of ether oxygens (including phenoxy) is 1. The van der Waals surface area contributed by atoms with Crippen molar-refractivity contribution < 1.29 is 9.53 Å². The fourth-order valence-corrected chi connectivity index (χ4v) is 2.78. The number of hydrogen-bond donors (Lipinski definition) is 1. The van der Waals surface area contributed by atoms with Gasteiger partial charge in [-0.05, 0) is 13.0 Å². The molecule has 0 unspecified atom stereocenters. The molecule has 1 aliphatic rings. The molecule has 1 fully saturated rings. The maximum atomic E-state index is 12.4. The number of terminal acetylenes is 1. The Kier molecular flexibility index (Phi) is 6.45. The predicted molar refractivity (Wildman–Crippen MR) is 91.1 cm³/mol. The van der Waals surface area contributed by atoms with Crippen LogP contribution in [-0.2, 0) is 11.3 Å². The van der Waals surface area contributed by atoms with Crippen molar-refractivity contribution in [2.75, 3.05) is 39.8 Å². The lowest BCUT2D eigenvalue weighted by Crippen LogP contribution is -2.53. The van der Waals surface area contributed by atoms with Crippen molar-refractivity contribution in [3.05, 3.63) is 29.8 Å². The normalized spacial score (nSPS) is 17.3. The van der Waals surface area contributed by atoms with Crippen LogP contribution in [0, 0.1) is 12.3 Å². The Bertz CT molecular complexity index is 560. The third-order valence-electron chi connectivity index (χ3n) is 4.29. The van der Waals surface area contributed by atoms with E-state index < -0.39 is 0 Å². The van der Waals surface area contributed by atoms with E-state index in [2.05, 4.69) is 21.0 Å². The maximum Gasteiger partial charge on any atom is 0.237 e. The molecule has 2 rings (SSSR count). The van der Waals surface area contributed by atoms with Crippen LogP contribution in [0.5, 0.6) is 5.75 Å². The zero-order valence-corrected chi connectivity index (χ0v) is 13.9. The molecule has 1 atom stereocenters. The summed E-state index contributed by atoms with van der Waals surface area (Å²) in [7, 11) is 1.64. The first-order chi connectivity index (χ1) is 11.2. The third-order valence-corrected chi connectivity index (χ3v) is 4.29. The first kappa shape index (κ1) is 17.3. The number of carbonyl (C=O) groups is 1. The first-order valence-corrected chi connectivity index (χ1v) is 7.95. The molecule has 1 N–H and O–H groups in total. The van der Waals surface area contributed by atoms with Gasteiger partial charge in [-0.3, -0.25) is 14.6 Å². The van der Waals surface area contributed by atoms with Gasteiger partial charge in [0, 0.05) is 38.3 Å². The molecule has 0 aliphatic carbocycles. The predicted octanol–water partition coefficient (Wildman–Crippen LogP) is 0.951. The molecule has 0 saturated carbocycles. The number of carbonyl (C=O) groups excluding carboxylic acids is 1. The highest BCUT2D eigenvalue weighted by Crippen LogP contribution is 2.17. The maximum absolute atomic E-state index is 12.4. The van der Waals surface area contributed by atoms with Gasteiger partial charge < -0.3 is 10.1 Å². The average molecular weight is 315 g/mol. The van der Waals surface area contributed by atoms with Crippen LogP contribution in [0.1, 0.15) is 12.5 Å². The SMILES string of the molecule is C#CCN1CCN([C@@H](C)C(=O)NCc2ccccc2OC)CC1. The molecular weight excluding hydrogens is 290 g/mol. The number of benzene rings is 1. The number of amides is 1. The summed E-state index contributed by atoms with van der Waals surface area (Å²) in [6, 6.07) is 7.58. The number of rotatable bonds is 6. The summed E-state index contributed by atoms with van der Waals surface area (Å²) in [5.74, 6) is 3.51. The van der Waals surface area contributed by atoms with Crippen molar-refractivity contribution in [1.29, 1.82) is 0 Å². The number of hydrogen-bond acceptors (Lipinski definition) is 4. The molecule has 1 aromatic rings. The summed E-state index contributed by atoms with van der Waals surface area (Å²) in [5, 5.41) is 3.00. The standard InChI is InChI=1S/C18H25N3O2/c1-4-9-20-10-12-21(13-11-20)15(2)18(22)19-14-16-7-5-6-8-17(16)23-3/h1,5-8,15H,9-14H2,2-3H3,(H,19,22)/t15-/m0/s1. The van der Waals surface area contributed by atoms with Crippen molar-refractivity contribution in [2.24, 2.45) is 0 Å². The Morgan fingerprint density at radius 1 is 1.35 bits per heavy atom. The van der Waals surface area contributed by atoms with Crippen molar-refractivity contribution >= 4 is 5.91 Å². The average Bonchev–Trinajstić information content (AvgIpc) is 2.60. The van der Waals surface area contributed by atoms with Gasteiger partial charge in [-0.25, -0.2) is 0 Å². The Morgan fingerprint density at radius 2 is 2.04 bits per heavy atom. The number of nitrogens with zero attached hydrogens (tertiary/aromatic N) is 2. The third kappa shape index (κ3) is 4.72. The minimum absolute atomic E-state index is 0.0429. The van der Waals surface area contributed by atoms with E-state index in [1.54, 1.807) is 7.11 Å². The molecule has 124 valence electrons. The van der Waals surface area contributed by atoms with Crippen LogP contribution in [-0.4, -0.2) is 61.6 Å².